The van der Waals surface area contributed by atoms with Gasteiger partial charge in [-0.3, -0.25) is 19.1 Å². The minimum Gasteiger partial charge on any atom is -0.483 e. The van der Waals surface area contributed by atoms with E-state index in [0.29, 0.717) is 43.9 Å². The van der Waals surface area contributed by atoms with Gasteiger partial charge in [0.25, 0.3) is 5.91 Å². The molecule has 7 rings (SSSR count). The van der Waals surface area contributed by atoms with Crippen molar-refractivity contribution in [2.45, 2.75) is 138 Å². The van der Waals surface area contributed by atoms with Gasteiger partial charge in [0.05, 0.1) is 21.8 Å². The number of ether oxygens (including phenoxy) is 2. The number of alkyl carbamates (subject to hydrolysis) is 1. The molecule has 310 valence electrons. The number of halogens is 4. The predicted octanol–water partition coefficient (Wildman–Crippen LogP) is 5.86. The number of pyridine rings is 1. The average Bonchev–Trinajstić information content (AvgIpc) is 4.00. The molecule has 5 atom stereocenters. The van der Waals surface area contributed by atoms with E-state index in [1.807, 2.05) is 6.08 Å². The van der Waals surface area contributed by atoms with Gasteiger partial charge in [-0.1, -0.05) is 48.7 Å². The maximum absolute atomic E-state index is 14.7. The van der Waals surface area contributed by atoms with Gasteiger partial charge in [0.2, 0.25) is 21.8 Å². The van der Waals surface area contributed by atoms with Crippen molar-refractivity contribution in [3.05, 3.63) is 46.6 Å². The topological polar surface area (TPSA) is 173 Å². The number of allylic oxidation sites excluding steroid dienone is 1. The molecule has 3 aliphatic heterocycles. The number of hydrogen-bond donors (Lipinski definition) is 3. The molecule has 3 N–H and O–H groups in total. The monoisotopic (exact) mass is 837 g/mol. The molecule has 2 saturated carbocycles. The number of hydrogen-bond acceptors (Lipinski definition) is 9. The van der Waals surface area contributed by atoms with E-state index >= 15 is 0 Å². The Labute approximate surface area is 333 Å². The fraction of sp³-hybridized carbons (Fsp3) is 0.615. The largest absolute Gasteiger partial charge is 0.483 e. The summed E-state index contributed by atoms with van der Waals surface area (Å²) < 4.78 is 83.3. The Morgan fingerprint density at radius 2 is 1.82 bits per heavy atom. The Morgan fingerprint density at radius 1 is 1.09 bits per heavy atom. The summed E-state index contributed by atoms with van der Waals surface area (Å²) in [5.74, 6) is -3.50. The summed E-state index contributed by atoms with van der Waals surface area (Å²) >= 11 is 6.30. The molecule has 1 aromatic heterocycles. The summed E-state index contributed by atoms with van der Waals surface area (Å²) in [5, 5.41) is 5.84. The molecule has 4 heterocycles. The molecule has 0 radical (unpaired) electrons. The number of sulfonamides is 1. The zero-order valence-corrected chi connectivity index (χ0v) is 33.8. The normalized spacial score (nSPS) is 29.4. The Morgan fingerprint density at radius 3 is 2.51 bits per heavy atom. The van der Waals surface area contributed by atoms with Crippen LogP contribution >= 0.6 is 11.6 Å². The molecule has 3 fully saturated rings. The van der Waals surface area contributed by atoms with Crippen LogP contribution < -0.4 is 20.1 Å². The minimum absolute atomic E-state index is 0.0314. The van der Waals surface area contributed by atoms with E-state index < -0.39 is 90.9 Å². The lowest BCUT2D eigenvalue weighted by Crippen LogP contribution is -2.58. The number of nitrogens with one attached hydrogen (secondary N) is 3. The highest BCUT2D eigenvalue weighted by Crippen LogP contribution is 2.51. The van der Waals surface area contributed by atoms with Gasteiger partial charge in [-0.05, 0) is 85.1 Å². The Hall–Kier alpha value is -4.12. The number of rotatable bonds is 4. The molecule has 1 unspecified atom stereocenters. The average molecular weight is 838 g/mol. The molecule has 13 nitrogen and oxygen atoms in total. The fourth-order valence-corrected chi connectivity index (χ4v) is 9.69. The maximum atomic E-state index is 14.7. The molecule has 1 saturated heterocycles. The van der Waals surface area contributed by atoms with Gasteiger partial charge >= 0.3 is 12.3 Å². The lowest BCUT2D eigenvalue weighted by Gasteiger charge is -2.37. The molecular weight excluding hydrogens is 791 g/mol. The Balaban J connectivity index is 1.27. The number of aromatic nitrogens is 1. The van der Waals surface area contributed by atoms with Crippen molar-refractivity contribution in [1.29, 1.82) is 0 Å². The molecule has 2 aliphatic carbocycles. The van der Waals surface area contributed by atoms with Crippen LogP contribution in [0.1, 0.15) is 103 Å². The van der Waals surface area contributed by atoms with Gasteiger partial charge in [-0.15, -0.1) is 0 Å². The molecule has 57 heavy (non-hydrogen) atoms. The third kappa shape index (κ3) is 8.02. The second-order valence-electron chi connectivity index (χ2n) is 17.3. The zero-order valence-electron chi connectivity index (χ0n) is 32.2. The smallest absolute Gasteiger partial charge is 0.437 e. The van der Waals surface area contributed by atoms with Crippen molar-refractivity contribution in [3.8, 4) is 5.75 Å². The molecule has 4 amide bonds. The van der Waals surface area contributed by atoms with Crippen molar-refractivity contribution in [3.63, 3.8) is 0 Å². The fourth-order valence-electron chi connectivity index (χ4n) is 8.16. The van der Waals surface area contributed by atoms with E-state index in [4.69, 9.17) is 21.1 Å². The van der Waals surface area contributed by atoms with E-state index in [9.17, 15) is 40.8 Å². The quantitative estimate of drug-likeness (QED) is 0.319. The lowest BCUT2D eigenvalue weighted by atomic mass is 9.87. The third-order valence-corrected chi connectivity index (χ3v) is 14.2. The molecule has 1 spiro atoms. The van der Waals surface area contributed by atoms with E-state index in [1.165, 1.54) is 17.9 Å². The Kier molecular flexibility index (Phi) is 10.3. The number of nitrogens with zero attached hydrogens (tertiary/aromatic N) is 2. The molecule has 1 aromatic carbocycles. The molecule has 0 bridgehead atoms. The number of alkyl halides is 3. The first-order chi connectivity index (χ1) is 26.6. The first kappa shape index (κ1) is 41.1. The summed E-state index contributed by atoms with van der Waals surface area (Å²) in [6.45, 7) is 6.18. The van der Waals surface area contributed by atoms with Crippen LogP contribution in [0.5, 0.6) is 5.75 Å². The summed E-state index contributed by atoms with van der Waals surface area (Å²) in [6.07, 6.45) is 1.17. The van der Waals surface area contributed by atoms with Crippen LogP contribution in [-0.2, 0) is 41.7 Å². The van der Waals surface area contributed by atoms with E-state index in [1.54, 1.807) is 39.0 Å². The van der Waals surface area contributed by atoms with Crippen LogP contribution in [-0.4, -0.2) is 82.2 Å². The Bertz CT molecular complexity index is 2160. The number of amides is 4. The van der Waals surface area contributed by atoms with Crippen LogP contribution in [0.4, 0.5) is 18.0 Å². The first-order valence-corrected chi connectivity index (χ1v) is 21.2. The van der Waals surface area contributed by atoms with Gasteiger partial charge in [0, 0.05) is 23.3 Å². The minimum atomic E-state index is -4.96. The van der Waals surface area contributed by atoms with Crippen molar-refractivity contribution >= 4 is 56.3 Å². The van der Waals surface area contributed by atoms with E-state index in [0.717, 1.165) is 0 Å². The number of carbonyl (C=O) groups is 4. The number of para-hydroxylation sites is 1. The summed E-state index contributed by atoms with van der Waals surface area (Å²) in [6, 6.07) is 2.07. The number of aryl methyl sites for hydroxylation is 1. The summed E-state index contributed by atoms with van der Waals surface area (Å²) in [4.78, 5) is 61.3. The predicted molar refractivity (Wildman–Crippen MR) is 203 cm³/mol. The van der Waals surface area contributed by atoms with Crippen molar-refractivity contribution in [2.24, 2.45) is 5.92 Å². The van der Waals surface area contributed by atoms with Gasteiger partial charge < -0.3 is 25.0 Å². The van der Waals surface area contributed by atoms with Crippen LogP contribution in [0.2, 0.25) is 5.02 Å². The SMILES string of the molecule is CC(C)(C)OC(=O)N[C@H]1CCCCC/C=C\C2C[C@@]2(C(=O)NS(=O)(=O)C2(C)CC2)NC(=O)[C@@H]2C[C@]3(CCc4c(c(C(F)(F)F)nc5c(Cl)cccc45)O3)CN2C1=O. The highest BCUT2D eigenvalue weighted by atomic mass is 35.5. The van der Waals surface area contributed by atoms with Gasteiger partial charge in [0.15, 0.2) is 11.4 Å². The van der Waals surface area contributed by atoms with Gasteiger partial charge in [-0.25, -0.2) is 18.2 Å². The highest BCUT2D eigenvalue weighted by Gasteiger charge is 2.64. The van der Waals surface area contributed by atoms with Crippen molar-refractivity contribution in [2.75, 3.05) is 6.54 Å². The van der Waals surface area contributed by atoms with Gasteiger partial charge in [0.1, 0.15) is 28.8 Å². The third-order valence-electron chi connectivity index (χ3n) is 11.7. The second-order valence-corrected chi connectivity index (χ2v) is 19.9. The van der Waals surface area contributed by atoms with Crippen LogP contribution in [0.25, 0.3) is 10.9 Å². The molecule has 18 heteroatoms. The summed E-state index contributed by atoms with van der Waals surface area (Å²) in [5.41, 5.74) is -5.20. The van der Waals surface area contributed by atoms with Gasteiger partial charge in [-0.2, -0.15) is 13.2 Å². The zero-order chi connectivity index (χ0) is 41.3. The lowest BCUT2D eigenvalue weighted by molar-refractivity contribution is -0.144. The van der Waals surface area contributed by atoms with Crippen LogP contribution in [0.3, 0.4) is 0 Å². The second kappa shape index (κ2) is 14.3. The first-order valence-electron chi connectivity index (χ1n) is 19.3. The van der Waals surface area contributed by atoms with Crippen molar-refractivity contribution < 1.29 is 50.2 Å². The number of carbonyl (C=O) groups excluding carboxylic acids is 4. The van der Waals surface area contributed by atoms with E-state index in [2.05, 4.69) is 20.3 Å². The summed E-state index contributed by atoms with van der Waals surface area (Å²) in [7, 11) is -4.09. The molecule has 5 aliphatic rings. The van der Waals surface area contributed by atoms with Crippen molar-refractivity contribution in [1.82, 2.24) is 25.2 Å². The van der Waals surface area contributed by atoms with Crippen LogP contribution in [0.15, 0.2) is 30.4 Å². The van der Waals surface area contributed by atoms with E-state index in [-0.39, 0.29) is 54.8 Å². The highest BCUT2D eigenvalue weighted by molar-refractivity contribution is 7.91. The standard InChI is InChI=1S/C39H47ClF3N5O8S/c1-35(2,3)56-34(52)44-26-14-9-7-5-6-8-11-22-19-38(22,33(51)47-57(53,54)36(4)17-18-36)46-31(49)27-20-37(21-48(27)32(26)50)16-15-24-23-12-10-13-25(40)28(23)45-30(29(24)55-37)39(41,42)43/h8,10-13,22,26-27H,5-7,9,14-21H2,1-4H3,(H,44,52)(H,46,49)(H,47,51)/b11-8-/t22?,26-,27-,37+,38+/m0/s1. The number of benzene rings is 1. The number of fused-ring (bicyclic) bond motifs is 5. The maximum Gasteiger partial charge on any atom is 0.437 e. The van der Waals surface area contributed by atoms with Crippen LogP contribution in [0, 0.1) is 5.92 Å². The molecular formula is C39H47ClF3N5O8S. The molecule has 2 aromatic rings.